The SMILES string of the molecule is CC(C)C[C@H](NC(=O)[C@H](Cc1ccccc1)NC(=O)[C@H](CCCC[N+](C)(C)C)NC(=O)[C@H](CO)NC(=O)[C@@H]1CCCN1)C(N)=O. The maximum absolute atomic E-state index is 13.8. The lowest BCUT2D eigenvalue weighted by atomic mass is 10.0. The average molecular weight is 633 g/mol. The summed E-state index contributed by atoms with van der Waals surface area (Å²) in [5.74, 6) is -2.85. The lowest BCUT2D eigenvalue weighted by Crippen LogP contribution is -2.59. The number of carbonyl (C=O) groups excluding carboxylic acids is 5. The Bertz CT molecular complexity index is 1120. The van der Waals surface area contributed by atoms with Crippen LogP contribution in [0.3, 0.4) is 0 Å². The van der Waals surface area contributed by atoms with Gasteiger partial charge in [0.25, 0.3) is 0 Å². The van der Waals surface area contributed by atoms with Gasteiger partial charge in [-0.15, -0.1) is 0 Å². The fraction of sp³-hybridized carbons (Fsp3) is 0.656. The van der Waals surface area contributed by atoms with Crippen molar-refractivity contribution in [2.24, 2.45) is 11.7 Å². The van der Waals surface area contributed by atoms with Crippen molar-refractivity contribution in [2.75, 3.05) is 40.8 Å². The number of nitrogens with two attached hydrogens (primary N) is 1. The molecular weight excluding hydrogens is 578 g/mol. The van der Waals surface area contributed by atoms with Gasteiger partial charge in [-0.05, 0) is 56.6 Å². The highest BCUT2D eigenvalue weighted by molar-refractivity contribution is 5.96. The molecule has 5 atom stereocenters. The Morgan fingerprint density at radius 2 is 1.49 bits per heavy atom. The van der Waals surface area contributed by atoms with E-state index in [9.17, 15) is 29.1 Å². The molecular formula is C32H54N7O6+. The Labute approximate surface area is 267 Å². The first-order chi connectivity index (χ1) is 21.2. The van der Waals surface area contributed by atoms with Crippen molar-refractivity contribution in [3.63, 3.8) is 0 Å². The third kappa shape index (κ3) is 14.0. The van der Waals surface area contributed by atoms with Gasteiger partial charge in [0.1, 0.15) is 24.2 Å². The molecule has 0 saturated carbocycles. The highest BCUT2D eigenvalue weighted by Crippen LogP contribution is 2.10. The minimum absolute atomic E-state index is 0.0840. The van der Waals surface area contributed by atoms with Gasteiger partial charge in [0.05, 0.1) is 40.3 Å². The van der Waals surface area contributed by atoms with E-state index >= 15 is 0 Å². The summed E-state index contributed by atoms with van der Waals surface area (Å²) in [6.07, 6.45) is 3.58. The molecule has 1 saturated heterocycles. The average Bonchev–Trinajstić information content (AvgIpc) is 3.51. The van der Waals surface area contributed by atoms with Gasteiger partial charge in [0.15, 0.2) is 0 Å². The number of hydrogen-bond acceptors (Lipinski definition) is 7. The standard InChI is InChI=1S/C32H53N7O6/c1-21(2)18-25(28(33)41)36-31(44)26(19-22-12-7-6-8-13-22)37-30(43)24(14-9-10-17-39(3,4)5)35-32(45)27(20-40)38-29(42)23-15-11-16-34-23/h6-8,12-13,21,23-27,34,40H,9-11,14-20H2,1-5H3,(H5-,33,35,36,37,38,41,42,43,44,45)/p+1/t23-,24-,25-,26-,27-/m0/s1. The largest absolute Gasteiger partial charge is 0.394 e. The van der Waals surface area contributed by atoms with Crippen molar-refractivity contribution in [3.05, 3.63) is 35.9 Å². The van der Waals surface area contributed by atoms with E-state index in [0.29, 0.717) is 25.8 Å². The monoisotopic (exact) mass is 632 g/mol. The fourth-order valence-corrected chi connectivity index (χ4v) is 5.17. The zero-order valence-electron chi connectivity index (χ0n) is 27.4. The number of carbonyl (C=O) groups is 5. The van der Waals surface area contributed by atoms with Crippen molar-refractivity contribution in [1.82, 2.24) is 26.6 Å². The Morgan fingerprint density at radius 3 is 2.04 bits per heavy atom. The fourth-order valence-electron chi connectivity index (χ4n) is 5.17. The third-order valence-electron chi connectivity index (χ3n) is 7.68. The molecule has 0 aromatic heterocycles. The quantitative estimate of drug-likeness (QED) is 0.0776. The molecule has 1 aliphatic rings. The smallest absolute Gasteiger partial charge is 0.245 e. The van der Waals surface area contributed by atoms with E-state index in [4.69, 9.17) is 5.73 Å². The second-order valence-corrected chi connectivity index (χ2v) is 13.3. The molecule has 0 unspecified atom stereocenters. The normalized spacial score (nSPS) is 17.5. The van der Waals surface area contributed by atoms with Gasteiger partial charge >= 0.3 is 0 Å². The minimum atomic E-state index is -1.25. The summed E-state index contributed by atoms with van der Waals surface area (Å²) in [6, 6.07) is 4.39. The van der Waals surface area contributed by atoms with Gasteiger partial charge in [-0.3, -0.25) is 24.0 Å². The van der Waals surface area contributed by atoms with Crippen molar-refractivity contribution in [3.8, 4) is 0 Å². The summed E-state index contributed by atoms with van der Waals surface area (Å²) >= 11 is 0. The first-order valence-corrected chi connectivity index (χ1v) is 15.9. The van der Waals surface area contributed by atoms with Crippen molar-refractivity contribution >= 4 is 29.5 Å². The molecule has 0 aliphatic carbocycles. The number of rotatable bonds is 19. The molecule has 0 bridgehead atoms. The minimum Gasteiger partial charge on any atom is -0.394 e. The van der Waals surface area contributed by atoms with E-state index < -0.39 is 66.4 Å². The highest BCUT2D eigenvalue weighted by atomic mass is 16.3. The first kappa shape index (κ1) is 37.6. The van der Waals surface area contributed by atoms with Crippen molar-refractivity contribution in [2.45, 2.75) is 89.0 Å². The number of amides is 5. The topological polar surface area (TPSA) is 192 Å². The summed E-state index contributed by atoms with van der Waals surface area (Å²) in [6.45, 7) is 4.70. The second kappa shape index (κ2) is 18.4. The van der Waals surface area contributed by atoms with E-state index in [1.165, 1.54) is 0 Å². The van der Waals surface area contributed by atoms with Gasteiger partial charge in [0, 0.05) is 6.42 Å². The van der Waals surface area contributed by atoms with E-state index in [2.05, 4.69) is 47.7 Å². The van der Waals surface area contributed by atoms with Crippen LogP contribution in [-0.2, 0) is 30.4 Å². The summed E-state index contributed by atoms with van der Waals surface area (Å²) in [5, 5.41) is 23.7. The van der Waals surface area contributed by atoms with Crippen LogP contribution in [0.4, 0.5) is 0 Å². The number of primary amides is 1. The zero-order valence-corrected chi connectivity index (χ0v) is 27.4. The van der Waals surface area contributed by atoms with Crippen LogP contribution in [0.1, 0.15) is 57.9 Å². The van der Waals surface area contributed by atoms with Crippen molar-refractivity contribution < 1.29 is 33.6 Å². The lowest BCUT2D eigenvalue weighted by molar-refractivity contribution is -0.870. The molecule has 5 amide bonds. The van der Waals surface area contributed by atoms with E-state index in [1.54, 1.807) is 0 Å². The molecule has 2 rings (SSSR count). The maximum atomic E-state index is 13.8. The van der Waals surface area contributed by atoms with Gasteiger partial charge in [0.2, 0.25) is 29.5 Å². The summed E-state index contributed by atoms with van der Waals surface area (Å²) in [4.78, 5) is 65.2. The Hall–Kier alpha value is -3.55. The van der Waals surface area contributed by atoms with Gasteiger partial charge < -0.3 is 41.9 Å². The van der Waals surface area contributed by atoms with Crippen LogP contribution in [0.15, 0.2) is 30.3 Å². The predicted molar refractivity (Wildman–Crippen MR) is 171 cm³/mol. The van der Waals surface area contributed by atoms with Gasteiger partial charge in [-0.2, -0.15) is 0 Å². The van der Waals surface area contributed by atoms with Gasteiger partial charge in [-0.1, -0.05) is 44.2 Å². The number of aliphatic hydroxyl groups is 1. The number of unbranched alkanes of at least 4 members (excludes halogenated alkanes) is 1. The third-order valence-corrected chi connectivity index (χ3v) is 7.68. The Balaban J connectivity index is 2.25. The van der Waals surface area contributed by atoms with Crippen LogP contribution < -0.4 is 32.3 Å². The molecule has 1 heterocycles. The Kier molecular flexibility index (Phi) is 15.4. The van der Waals surface area contributed by atoms with Gasteiger partial charge in [-0.25, -0.2) is 0 Å². The zero-order chi connectivity index (χ0) is 33.6. The molecule has 1 aromatic rings. The second-order valence-electron chi connectivity index (χ2n) is 13.3. The van der Waals surface area contributed by atoms with Crippen LogP contribution in [-0.4, -0.2) is 110 Å². The van der Waals surface area contributed by atoms with Crippen LogP contribution in [0, 0.1) is 5.92 Å². The highest BCUT2D eigenvalue weighted by Gasteiger charge is 2.32. The summed E-state index contributed by atoms with van der Waals surface area (Å²) in [5.41, 5.74) is 6.34. The molecule has 1 fully saturated rings. The molecule has 1 aliphatic heterocycles. The first-order valence-electron chi connectivity index (χ1n) is 15.9. The lowest BCUT2D eigenvalue weighted by Gasteiger charge is -2.27. The molecule has 252 valence electrons. The van der Waals surface area contributed by atoms with Crippen LogP contribution in [0.25, 0.3) is 0 Å². The number of quaternary nitrogens is 1. The number of nitrogens with one attached hydrogen (secondary N) is 5. The maximum Gasteiger partial charge on any atom is 0.245 e. The number of benzene rings is 1. The number of nitrogens with zero attached hydrogens (tertiary/aromatic N) is 1. The molecule has 45 heavy (non-hydrogen) atoms. The summed E-state index contributed by atoms with van der Waals surface area (Å²) < 4.78 is 0.730. The molecule has 8 N–H and O–H groups in total. The van der Waals surface area contributed by atoms with E-state index in [-0.39, 0.29) is 18.8 Å². The Morgan fingerprint density at radius 1 is 0.889 bits per heavy atom. The van der Waals surface area contributed by atoms with E-state index in [0.717, 1.165) is 29.4 Å². The molecule has 13 heteroatoms. The number of hydrogen-bond donors (Lipinski definition) is 7. The molecule has 0 radical (unpaired) electrons. The molecule has 0 spiro atoms. The van der Waals surface area contributed by atoms with Crippen LogP contribution >= 0.6 is 0 Å². The molecule has 1 aromatic carbocycles. The van der Waals surface area contributed by atoms with Crippen LogP contribution in [0.2, 0.25) is 0 Å². The number of aliphatic hydroxyl groups excluding tert-OH is 1. The van der Waals surface area contributed by atoms with Crippen LogP contribution in [0.5, 0.6) is 0 Å². The summed E-state index contributed by atoms with van der Waals surface area (Å²) in [7, 11) is 6.18. The predicted octanol–water partition coefficient (Wildman–Crippen LogP) is -0.679. The van der Waals surface area contributed by atoms with E-state index in [1.807, 2.05) is 44.2 Å². The molecule has 13 nitrogen and oxygen atoms in total. The van der Waals surface area contributed by atoms with Crippen molar-refractivity contribution in [1.29, 1.82) is 0 Å².